The van der Waals surface area contributed by atoms with Crippen LogP contribution >= 0.6 is 0 Å². The second-order valence-electron chi connectivity index (χ2n) is 9.10. The van der Waals surface area contributed by atoms with Gasteiger partial charge in [0.25, 0.3) is 0 Å². The van der Waals surface area contributed by atoms with Gasteiger partial charge in [0.15, 0.2) is 5.82 Å². The first kappa shape index (κ1) is 21.2. The lowest BCUT2D eigenvalue weighted by Gasteiger charge is -2.13. The fourth-order valence-corrected chi connectivity index (χ4v) is 4.04. The predicted octanol–water partition coefficient (Wildman–Crippen LogP) is 5.91. The minimum absolute atomic E-state index is 0.153. The highest BCUT2D eigenvalue weighted by atomic mass is 19.4. The third kappa shape index (κ3) is 5.55. The summed E-state index contributed by atoms with van der Waals surface area (Å²) in [5.41, 5.74) is -0.770. The van der Waals surface area contributed by atoms with Crippen molar-refractivity contribution >= 4 is 0 Å². The molecule has 2 aliphatic carbocycles. The highest BCUT2D eigenvalue weighted by Gasteiger charge is 2.33. The van der Waals surface area contributed by atoms with Crippen molar-refractivity contribution in [2.24, 2.45) is 23.7 Å². The smallest absolute Gasteiger partial charge is 0.240 e. The zero-order valence-electron chi connectivity index (χ0n) is 17.6. The Hall–Kier alpha value is -2.05. The van der Waals surface area contributed by atoms with E-state index in [0.29, 0.717) is 23.5 Å². The molecule has 2 fully saturated rings. The Balaban J connectivity index is 1.57. The van der Waals surface area contributed by atoms with Crippen LogP contribution in [0.1, 0.15) is 69.7 Å². The Morgan fingerprint density at radius 2 is 1.37 bits per heavy atom. The van der Waals surface area contributed by atoms with E-state index in [-0.39, 0.29) is 11.5 Å². The molecule has 30 heavy (non-hydrogen) atoms. The van der Waals surface area contributed by atoms with Crippen LogP contribution in [-0.4, -0.2) is 19.9 Å². The number of alkyl halides is 3. The fourth-order valence-electron chi connectivity index (χ4n) is 4.04. The molecule has 0 amide bonds. The van der Waals surface area contributed by atoms with Crippen LogP contribution in [0.15, 0.2) is 18.2 Å². The first-order valence-corrected chi connectivity index (χ1v) is 11.1. The van der Waals surface area contributed by atoms with Crippen LogP contribution in [-0.2, 0) is 19.0 Å². The number of hydrogen-bond acceptors (Lipinski definition) is 4. The highest BCUT2D eigenvalue weighted by molar-refractivity contribution is 5.49. The Morgan fingerprint density at radius 1 is 0.833 bits per heavy atom. The molecule has 2 heterocycles. The number of aromatic nitrogens is 4. The summed E-state index contributed by atoms with van der Waals surface area (Å²) < 4.78 is 39.3. The number of nitrogens with zero attached hydrogens (tertiary/aromatic N) is 4. The first-order valence-electron chi connectivity index (χ1n) is 11.1. The van der Waals surface area contributed by atoms with E-state index < -0.39 is 11.9 Å². The molecule has 0 bridgehead atoms. The van der Waals surface area contributed by atoms with Crippen LogP contribution in [0.3, 0.4) is 0 Å². The second kappa shape index (κ2) is 8.60. The van der Waals surface area contributed by atoms with Gasteiger partial charge in [-0.15, -0.1) is 0 Å². The van der Waals surface area contributed by atoms with Crippen LogP contribution in [0.2, 0.25) is 0 Å². The number of rotatable bonds is 9. The van der Waals surface area contributed by atoms with E-state index in [4.69, 9.17) is 0 Å². The molecule has 162 valence electrons. The minimum atomic E-state index is -4.49. The van der Waals surface area contributed by atoms with Gasteiger partial charge < -0.3 is 0 Å². The molecule has 2 atom stereocenters. The summed E-state index contributed by atoms with van der Waals surface area (Å²) in [7, 11) is 0. The van der Waals surface area contributed by atoms with Crippen LogP contribution < -0.4 is 0 Å². The third-order valence-corrected chi connectivity index (χ3v) is 6.50. The van der Waals surface area contributed by atoms with Crippen molar-refractivity contribution in [1.29, 1.82) is 0 Å². The summed E-state index contributed by atoms with van der Waals surface area (Å²) in [6.07, 6.45) is 4.10. The van der Waals surface area contributed by atoms with Crippen molar-refractivity contribution in [3.63, 3.8) is 0 Å². The van der Waals surface area contributed by atoms with Gasteiger partial charge in [0.05, 0.1) is 0 Å². The number of hydrogen-bond donors (Lipinski definition) is 0. The normalized spacial score (nSPS) is 19.0. The standard InChI is InChI=1S/C23H29F3N4/c1-14(16-8-9-16)6-12-20-28-21(13-7-15(2)17-10-11-17)30-22(29-20)18-4-3-5-19(27-18)23(24,25)26/h3-5,14-17H,6-13H2,1-2H3/t14-,15-/m1/s1. The lowest BCUT2D eigenvalue weighted by molar-refractivity contribution is -0.141. The number of aryl methyl sites for hydroxylation is 2. The van der Waals surface area contributed by atoms with Gasteiger partial charge in [0.1, 0.15) is 23.0 Å². The van der Waals surface area contributed by atoms with Crippen molar-refractivity contribution < 1.29 is 13.2 Å². The SMILES string of the molecule is C[C@H](CCc1nc(CC[C@@H](C)C2CC2)nc(-c2cccc(C(F)(F)F)n2)n1)C1CC1. The first-order chi connectivity index (χ1) is 14.3. The highest BCUT2D eigenvalue weighted by Crippen LogP contribution is 2.39. The van der Waals surface area contributed by atoms with Gasteiger partial charge in [-0.3, -0.25) is 0 Å². The van der Waals surface area contributed by atoms with Crippen LogP contribution in [0, 0.1) is 23.7 Å². The van der Waals surface area contributed by atoms with Crippen molar-refractivity contribution in [2.75, 3.05) is 0 Å². The zero-order chi connectivity index (χ0) is 21.3. The van der Waals surface area contributed by atoms with Crippen molar-refractivity contribution in [2.45, 2.75) is 71.4 Å². The van der Waals surface area contributed by atoms with Crippen LogP contribution in [0.4, 0.5) is 13.2 Å². The molecule has 2 saturated carbocycles. The molecule has 0 spiro atoms. The van der Waals surface area contributed by atoms with Crippen molar-refractivity contribution in [1.82, 2.24) is 19.9 Å². The molecule has 0 radical (unpaired) electrons. The molecule has 2 aromatic heterocycles. The van der Waals surface area contributed by atoms with E-state index in [0.717, 1.165) is 43.6 Å². The molecule has 2 aliphatic rings. The van der Waals surface area contributed by atoms with Gasteiger partial charge in [0.2, 0.25) is 0 Å². The molecule has 0 aromatic carbocycles. The quantitative estimate of drug-likeness (QED) is 0.508. The minimum Gasteiger partial charge on any atom is -0.240 e. The van der Waals surface area contributed by atoms with Crippen molar-refractivity contribution in [3.8, 4) is 11.5 Å². The van der Waals surface area contributed by atoms with Gasteiger partial charge in [0, 0.05) is 12.8 Å². The average molecular weight is 419 g/mol. The van der Waals surface area contributed by atoms with E-state index >= 15 is 0 Å². The molecular weight excluding hydrogens is 389 g/mol. The average Bonchev–Trinajstić information content (AvgIpc) is 3.62. The van der Waals surface area contributed by atoms with Gasteiger partial charge >= 0.3 is 6.18 Å². The Morgan fingerprint density at radius 3 is 1.83 bits per heavy atom. The summed E-state index contributed by atoms with van der Waals surface area (Å²) in [6, 6.07) is 3.87. The number of halogens is 3. The molecule has 4 rings (SSSR count). The van der Waals surface area contributed by atoms with Gasteiger partial charge in [-0.25, -0.2) is 19.9 Å². The molecule has 0 aliphatic heterocycles. The lowest BCUT2D eigenvalue weighted by atomic mass is 9.99. The molecule has 4 nitrogen and oxygen atoms in total. The summed E-state index contributed by atoms with van der Waals surface area (Å²) in [5.74, 6) is 4.43. The van der Waals surface area contributed by atoms with Crippen LogP contribution in [0.5, 0.6) is 0 Å². The van der Waals surface area contributed by atoms with Gasteiger partial charge in [-0.2, -0.15) is 13.2 Å². The Labute approximate surface area is 175 Å². The molecule has 0 unspecified atom stereocenters. The molecule has 2 aromatic rings. The molecule has 0 N–H and O–H groups in total. The van der Waals surface area contributed by atoms with Gasteiger partial charge in [-0.1, -0.05) is 19.9 Å². The van der Waals surface area contributed by atoms with E-state index in [1.165, 1.54) is 37.8 Å². The maximum Gasteiger partial charge on any atom is 0.433 e. The Bertz CT molecular complexity index is 835. The largest absolute Gasteiger partial charge is 0.433 e. The Kier molecular flexibility index (Phi) is 6.07. The summed E-state index contributed by atoms with van der Waals surface area (Å²) in [4.78, 5) is 17.4. The monoisotopic (exact) mass is 418 g/mol. The zero-order valence-corrected chi connectivity index (χ0v) is 17.6. The van der Waals surface area contributed by atoms with Crippen molar-refractivity contribution in [3.05, 3.63) is 35.5 Å². The van der Waals surface area contributed by atoms with E-state index in [2.05, 4.69) is 33.8 Å². The maximum atomic E-state index is 13.1. The predicted molar refractivity (Wildman–Crippen MR) is 108 cm³/mol. The lowest BCUT2D eigenvalue weighted by Crippen LogP contribution is -2.12. The summed E-state index contributed by atoms with van der Waals surface area (Å²) in [5, 5.41) is 0. The number of pyridine rings is 1. The van der Waals surface area contributed by atoms with Gasteiger partial charge in [-0.05, 0) is 74.3 Å². The maximum absolute atomic E-state index is 13.1. The summed E-state index contributed by atoms with van der Waals surface area (Å²) >= 11 is 0. The molecule has 0 saturated heterocycles. The fraction of sp³-hybridized carbons (Fsp3) is 0.652. The third-order valence-electron chi connectivity index (χ3n) is 6.50. The second-order valence-corrected chi connectivity index (χ2v) is 9.10. The van der Waals surface area contributed by atoms with E-state index in [1.807, 2.05) is 0 Å². The molecular formula is C23H29F3N4. The van der Waals surface area contributed by atoms with E-state index in [9.17, 15) is 13.2 Å². The topological polar surface area (TPSA) is 51.6 Å². The van der Waals surface area contributed by atoms with Crippen LogP contribution in [0.25, 0.3) is 11.5 Å². The van der Waals surface area contributed by atoms with E-state index in [1.54, 1.807) is 0 Å². The summed E-state index contributed by atoms with van der Waals surface area (Å²) in [6.45, 7) is 4.51. The molecule has 7 heteroatoms.